The Hall–Kier alpha value is -2.35. The van der Waals surface area contributed by atoms with Gasteiger partial charge in [-0.1, -0.05) is 67.6 Å². The van der Waals surface area contributed by atoms with Gasteiger partial charge in [0.1, 0.15) is 0 Å². The molecule has 2 nitrogen and oxygen atoms in total. The summed E-state index contributed by atoms with van der Waals surface area (Å²) in [4.78, 5) is 4.55. The summed E-state index contributed by atoms with van der Waals surface area (Å²) in [7, 11) is 0. The fraction of sp³-hybridized carbons (Fsp3) is 0.200. The van der Waals surface area contributed by atoms with Crippen LogP contribution < -0.4 is 0 Å². The van der Waals surface area contributed by atoms with E-state index in [1.807, 2.05) is 6.33 Å². The van der Waals surface area contributed by atoms with E-state index < -0.39 is 0 Å². The molecule has 0 aliphatic carbocycles. The van der Waals surface area contributed by atoms with E-state index >= 15 is 0 Å². The summed E-state index contributed by atoms with van der Waals surface area (Å²) in [6.07, 6.45) is 5.85. The number of hydrogen-bond acceptors (Lipinski definition) is 1. The van der Waals surface area contributed by atoms with Gasteiger partial charge >= 0.3 is 0 Å². The Bertz CT molecular complexity index is 674. The van der Waals surface area contributed by atoms with Gasteiger partial charge in [0.2, 0.25) is 0 Å². The van der Waals surface area contributed by atoms with Gasteiger partial charge < -0.3 is 4.57 Å². The lowest BCUT2D eigenvalue weighted by molar-refractivity contribution is 0.474. The molecular formula is C20H21N2. The average molecular weight is 289 g/mol. The molecule has 0 spiro atoms. The van der Waals surface area contributed by atoms with E-state index in [0.717, 1.165) is 18.5 Å². The molecule has 2 aromatic carbocycles. The molecule has 0 saturated heterocycles. The minimum atomic E-state index is -0.269. The van der Waals surface area contributed by atoms with Crippen molar-refractivity contribution in [2.45, 2.75) is 25.3 Å². The summed E-state index contributed by atoms with van der Waals surface area (Å²) in [5, 5.41) is 0. The summed E-state index contributed by atoms with van der Waals surface area (Å²) in [5.74, 6) is 0. The maximum absolute atomic E-state index is 4.55. The fourth-order valence-electron chi connectivity index (χ4n) is 2.91. The molecule has 22 heavy (non-hydrogen) atoms. The zero-order chi connectivity index (χ0) is 15.4. The van der Waals surface area contributed by atoms with Gasteiger partial charge in [0, 0.05) is 6.20 Å². The third kappa shape index (κ3) is 2.57. The molecule has 1 aromatic heterocycles. The van der Waals surface area contributed by atoms with Crippen molar-refractivity contribution in [2.24, 2.45) is 0 Å². The maximum Gasteiger partial charge on any atom is 0.0959 e. The minimum absolute atomic E-state index is 0.269. The normalized spacial score (nSPS) is 11.5. The van der Waals surface area contributed by atoms with Crippen LogP contribution in [0.5, 0.6) is 0 Å². The first kappa shape index (κ1) is 14.6. The highest BCUT2D eigenvalue weighted by Crippen LogP contribution is 2.33. The lowest BCUT2D eigenvalue weighted by Gasteiger charge is -2.32. The Kier molecular flexibility index (Phi) is 4.10. The third-order valence-corrected chi connectivity index (χ3v) is 4.26. The van der Waals surface area contributed by atoms with Crippen LogP contribution in [0.15, 0.2) is 73.2 Å². The summed E-state index contributed by atoms with van der Waals surface area (Å²) in [5.41, 5.74) is 3.32. The number of imidazole rings is 1. The van der Waals surface area contributed by atoms with Crippen molar-refractivity contribution in [3.05, 3.63) is 96.9 Å². The van der Waals surface area contributed by atoms with Crippen LogP contribution >= 0.6 is 0 Å². The molecule has 0 atom stereocenters. The van der Waals surface area contributed by atoms with E-state index in [1.54, 1.807) is 0 Å². The molecule has 111 valence electrons. The second-order valence-electron chi connectivity index (χ2n) is 5.68. The van der Waals surface area contributed by atoms with Crippen molar-refractivity contribution in [3.63, 3.8) is 0 Å². The van der Waals surface area contributed by atoms with Crippen molar-refractivity contribution in [1.82, 2.24) is 9.55 Å². The van der Waals surface area contributed by atoms with E-state index in [0.29, 0.717) is 0 Å². The number of nitrogens with zero attached hydrogens (tertiary/aromatic N) is 2. The van der Waals surface area contributed by atoms with E-state index in [2.05, 4.69) is 90.3 Å². The zero-order valence-electron chi connectivity index (χ0n) is 12.9. The topological polar surface area (TPSA) is 17.8 Å². The minimum Gasteiger partial charge on any atom is -0.323 e. The van der Waals surface area contributed by atoms with Crippen molar-refractivity contribution in [1.29, 1.82) is 0 Å². The molecule has 0 amide bonds. The van der Waals surface area contributed by atoms with Crippen LogP contribution in [0.4, 0.5) is 0 Å². The summed E-state index contributed by atoms with van der Waals surface area (Å²) in [6, 6.07) is 21.2. The molecule has 0 aliphatic rings. The Balaban J connectivity index is 2.14. The highest BCUT2D eigenvalue weighted by molar-refractivity contribution is 5.38. The second kappa shape index (κ2) is 6.18. The first-order chi connectivity index (χ1) is 10.7. The Morgan fingerprint density at radius 1 is 0.955 bits per heavy atom. The molecule has 0 N–H and O–H groups in total. The van der Waals surface area contributed by atoms with Crippen LogP contribution in [0.2, 0.25) is 0 Å². The summed E-state index contributed by atoms with van der Waals surface area (Å²) >= 11 is 0. The van der Waals surface area contributed by atoms with Crippen molar-refractivity contribution in [2.75, 3.05) is 0 Å². The zero-order valence-corrected chi connectivity index (χ0v) is 12.9. The van der Waals surface area contributed by atoms with Gasteiger partial charge in [-0.3, -0.25) is 0 Å². The molecule has 2 heteroatoms. The SMILES string of the molecule is [CH2]CCc1cn(C(C)(c2ccccc2)c2ccccc2)cn1. The predicted molar refractivity (Wildman–Crippen MR) is 90.6 cm³/mol. The molecule has 0 aliphatic heterocycles. The maximum atomic E-state index is 4.55. The van der Waals surface area contributed by atoms with Gasteiger partial charge in [0.15, 0.2) is 0 Å². The second-order valence-corrected chi connectivity index (χ2v) is 5.68. The predicted octanol–water partition coefficient (Wildman–Crippen LogP) is 4.46. The van der Waals surface area contributed by atoms with Crippen LogP contribution in [0.1, 0.15) is 30.2 Å². The van der Waals surface area contributed by atoms with Crippen LogP contribution in [-0.4, -0.2) is 9.55 Å². The van der Waals surface area contributed by atoms with E-state index in [1.165, 1.54) is 11.1 Å². The number of aromatic nitrogens is 2. The lowest BCUT2D eigenvalue weighted by atomic mass is 9.84. The summed E-state index contributed by atoms with van der Waals surface area (Å²) in [6.45, 7) is 6.16. The fourth-order valence-corrected chi connectivity index (χ4v) is 2.91. The Morgan fingerprint density at radius 3 is 2.00 bits per heavy atom. The molecule has 1 radical (unpaired) electrons. The molecule has 0 saturated carbocycles. The van der Waals surface area contributed by atoms with Crippen molar-refractivity contribution < 1.29 is 0 Å². The molecule has 1 heterocycles. The monoisotopic (exact) mass is 289 g/mol. The number of rotatable bonds is 5. The van der Waals surface area contributed by atoms with Gasteiger partial charge in [0.05, 0.1) is 17.6 Å². The molecular weight excluding hydrogens is 268 g/mol. The van der Waals surface area contributed by atoms with Crippen LogP contribution in [-0.2, 0) is 12.0 Å². The number of hydrogen-bond donors (Lipinski definition) is 0. The largest absolute Gasteiger partial charge is 0.323 e. The third-order valence-electron chi connectivity index (χ3n) is 4.26. The van der Waals surface area contributed by atoms with Gasteiger partial charge in [-0.05, 0) is 30.9 Å². The van der Waals surface area contributed by atoms with E-state index in [4.69, 9.17) is 0 Å². The Labute approximate surface area is 132 Å². The number of aryl methyl sites for hydroxylation is 1. The van der Waals surface area contributed by atoms with Crippen LogP contribution in [0.3, 0.4) is 0 Å². The average Bonchev–Trinajstić information content (AvgIpc) is 3.05. The smallest absolute Gasteiger partial charge is 0.0959 e. The van der Waals surface area contributed by atoms with Crippen LogP contribution in [0, 0.1) is 6.92 Å². The van der Waals surface area contributed by atoms with E-state index in [-0.39, 0.29) is 5.54 Å². The highest BCUT2D eigenvalue weighted by Gasteiger charge is 2.30. The van der Waals surface area contributed by atoms with Crippen molar-refractivity contribution >= 4 is 0 Å². The molecule has 0 unspecified atom stereocenters. The first-order valence-corrected chi connectivity index (χ1v) is 7.69. The first-order valence-electron chi connectivity index (χ1n) is 7.69. The molecule has 3 aromatic rings. The van der Waals surface area contributed by atoms with E-state index in [9.17, 15) is 0 Å². The quantitative estimate of drug-likeness (QED) is 0.678. The summed E-state index contributed by atoms with van der Waals surface area (Å²) < 4.78 is 2.21. The standard InChI is InChI=1S/C20H21N2/c1-3-10-19-15-22(16-21-19)20(2,17-11-6-4-7-12-17)18-13-8-5-9-14-18/h4-9,11-16H,1,3,10H2,2H3. The Morgan fingerprint density at radius 2 is 1.50 bits per heavy atom. The molecule has 3 rings (SSSR count). The van der Waals surface area contributed by atoms with Gasteiger partial charge in [-0.25, -0.2) is 4.98 Å². The molecule has 0 fully saturated rings. The lowest BCUT2D eigenvalue weighted by Crippen LogP contribution is -2.31. The van der Waals surface area contributed by atoms with Gasteiger partial charge in [-0.15, -0.1) is 0 Å². The van der Waals surface area contributed by atoms with Crippen LogP contribution in [0.25, 0.3) is 0 Å². The van der Waals surface area contributed by atoms with Gasteiger partial charge in [0.25, 0.3) is 0 Å². The molecule has 0 bridgehead atoms. The van der Waals surface area contributed by atoms with Gasteiger partial charge in [-0.2, -0.15) is 0 Å². The highest BCUT2D eigenvalue weighted by atomic mass is 15.1. The van der Waals surface area contributed by atoms with Crippen molar-refractivity contribution in [3.8, 4) is 0 Å². The number of benzene rings is 2.